The van der Waals surface area contributed by atoms with Crippen molar-refractivity contribution in [3.8, 4) is 6.07 Å². The molecule has 1 rings (SSSR count). The van der Waals surface area contributed by atoms with Crippen LogP contribution in [0.15, 0.2) is 0 Å². The first kappa shape index (κ1) is 9.60. The first-order chi connectivity index (χ1) is 5.75. The van der Waals surface area contributed by atoms with E-state index in [1.807, 2.05) is 6.26 Å². The van der Waals surface area contributed by atoms with Crippen LogP contribution in [-0.4, -0.2) is 17.8 Å². The van der Waals surface area contributed by atoms with Gasteiger partial charge in [-0.1, -0.05) is 0 Å². The van der Waals surface area contributed by atoms with Crippen LogP contribution in [0.4, 0.5) is 0 Å². The van der Waals surface area contributed by atoms with Gasteiger partial charge in [-0.05, 0) is 31.3 Å². The van der Waals surface area contributed by atoms with Gasteiger partial charge >= 0.3 is 0 Å². The Morgan fingerprint density at radius 2 is 2.50 bits per heavy atom. The molecule has 1 aliphatic rings. The molecule has 1 unspecified atom stereocenters. The average molecular weight is 183 g/mol. The van der Waals surface area contributed by atoms with E-state index in [1.165, 1.54) is 0 Å². The Labute approximate surface area is 77.3 Å². The summed E-state index contributed by atoms with van der Waals surface area (Å²) in [6.07, 6.45) is 5.04. The van der Waals surface area contributed by atoms with Crippen molar-refractivity contribution in [2.24, 2.45) is 5.41 Å². The predicted octanol–water partition coefficient (Wildman–Crippen LogP) is 2.00. The predicted molar refractivity (Wildman–Crippen MR) is 49.9 cm³/mol. The van der Waals surface area contributed by atoms with E-state index in [-0.39, 0.29) is 5.78 Å². The molecular weight excluding hydrogens is 170 g/mol. The number of thioether (sulfide) groups is 1. The molecule has 0 radical (unpaired) electrons. The summed E-state index contributed by atoms with van der Waals surface area (Å²) in [5.74, 6) is 1.08. The molecule has 0 N–H and O–H groups in total. The van der Waals surface area contributed by atoms with Gasteiger partial charge in [0.15, 0.2) is 5.78 Å². The van der Waals surface area contributed by atoms with Crippen molar-refractivity contribution in [1.82, 2.24) is 0 Å². The lowest BCUT2D eigenvalue weighted by molar-refractivity contribution is -0.123. The average Bonchev–Trinajstić information content (AvgIpc) is 2.45. The fourth-order valence-corrected chi connectivity index (χ4v) is 2.20. The Morgan fingerprint density at radius 1 is 1.75 bits per heavy atom. The summed E-state index contributed by atoms with van der Waals surface area (Å²) in [6, 6.07) is 2.20. The molecule has 12 heavy (non-hydrogen) atoms. The van der Waals surface area contributed by atoms with Crippen LogP contribution < -0.4 is 0 Å². The number of rotatable bonds is 3. The topological polar surface area (TPSA) is 40.9 Å². The number of hydrogen-bond acceptors (Lipinski definition) is 3. The molecule has 0 aromatic heterocycles. The zero-order chi connectivity index (χ0) is 9.03. The highest BCUT2D eigenvalue weighted by atomic mass is 32.2. The first-order valence-electron chi connectivity index (χ1n) is 4.19. The maximum absolute atomic E-state index is 11.4. The Kier molecular flexibility index (Phi) is 3.16. The molecule has 2 nitrogen and oxygen atoms in total. The van der Waals surface area contributed by atoms with Gasteiger partial charge in [-0.15, -0.1) is 0 Å². The van der Waals surface area contributed by atoms with Gasteiger partial charge in [0.05, 0.1) is 6.07 Å². The summed E-state index contributed by atoms with van der Waals surface area (Å²) < 4.78 is 0. The third-order valence-electron chi connectivity index (χ3n) is 2.49. The molecule has 0 heterocycles. The molecule has 0 aromatic rings. The van der Waals surface area contributed by atoms with Crippen LogP contribution in [0.1, 0.15) is 25.7 Å². The fourth-order valence-electron chi connectivity index (χ4n) is 1.64. The maximum atomic E-state index is 11.4. The fraction of sp³-hybridized carbons (Fsp3) is 0.778. The number of nitriles is 1. The Hall–Kier alpha value is -0.490. The Morgan fingerprint density at radius 3 is 2.92 bits per heavy atom. The zero-order valence-corrected chi connectivity index (χ0v) is 8.12. The molecule has 1 saturated carbocycles. The SMILES string of the molecule is CSCCC1(C#N)CCCC1=O. The smallest absolute Gasteiger partial charge is 0.153 e. The quantitative estimate of drug-likeness (QED) is 0.672. The van der Waals surface area contributed by atoms with Gasteiger partial charge in [-0.2, -0.15) is 17.0 Å². The Bertz CT molecular complexity index is 221. The molecule has 66 valence electrons. The van der Waals surface area contributed by atoms with Crippen LogP contribution in [0.5, 0.6) is 0 Å². The number of ketones is 1. The highest BCUT2D eigenvalue weighted by Crippen LogP contribution is 2.37. The number of carbonyl (C=O) groups is 1. The summed E-state index contributed by atoms with van der Waals surface area (Å²) in [5, 5.41) is 8.93. The van der Waals surface area contributed by atoms with Crippen molar-refractivity contribution in [2.45, 2.75) is 25.7 Å². The lowest BCUT2D eigenvalue weighted by atomic mass is 9.84. The van der Waals surface area contributed by atoms with E-state index in [0.717, 1.165) is 25.0 Å². The van der Waals surface area contributed by atoms with Gasteiger partial charge in [0.25, 0.3) is 0 Å². The van der Waals surface area contributed by atoms with Crippen molar-refractivity contribution in [3.05, 3.63) is 0 Å². The van der Waals surface area contributed by atoms with Crippen LogP contribution in [0, 0.1) is 16.7 Å². The Balaban J connectivity index is 2.63. The molecular formula is C9H13NOS. The molecule has 0 bridgehead atoms. The van der Waals surface area contributed by atoms with E-state index in [4.69, 9.17) is 5.26 Å². The van der Waals surface area contributed by atoms with E-state index in [1.54, 1.807) is 11.8 Å². The minimum absolute atomic E-state index is 0.166. The summed E-state index contributed by atoms with van der Waals surface area (Å²) in [6.45, 7) is 0. The number of nitrogens with zero attached hydrogens (tertiary/aromatic N) is 1. The molecule has 1 fully saturated rings. The van der Waals surface area contributed by atoms with Gasteiger partial charge in [-0.25, -0.2) is 0 Å². The molecule has 0 aromatic carbocycles. The molecule has 3 heteroatoms. The molecule has 0 aliphatic heterocycles. The number of Topliss-reactive ketones (excluding diaryl/α,β-unsaturated/α-hetero) is 1. The van der Waals surface area contributed by atoms with Crippen LogP contribution in [0.3, 0.4) is 0 Å². The van der Waals surface area contributed by atoms with Gasteiger partial charge in [0, 0.05) is 6.42 Å². The minimum atomic E-state index is -0.608. The van der Waals surface area contributed by atoms with Crippen molar-refractivity contribution < 1.29 is 4.79 Å². The standard InChI is InChI=1S/C9H13NOS/c1-12-6-5-9(7-10)4-2-3-8(9)11/h2-6H2,1H3. The lowest BCUT2D eigenvalue weighted by Gasteiger charge is -2.16. The third-order valence-corrected chi connectivity index (χ3v) is 3.10. The normalized spacial score (nSPS) is 28.8. The monoisotopic (exact) mass is 183 g/mol. The van der Waals surface area contributed by atoms with Crippen LogP contribution >= 0.6 is 11.8 Å². The van der Waals surface area contributed by atoms with Crippen LogP contribution in [0.25, 0.3) is 0 Å². The molecule has 0 amide bonds. The largest absolute Gasteiger partial charge is 0.298 e. The second kappa shape index (κ2) is 3.95. The van der Waals surface area contributed by atoms with E-state index in [0.29, 0.717) is 6.42 Å². The van der Waals surface area contributed by atoms with Gasteiger partial charge in [0.1, 0.15) is 5.41 Å². The van der Waals surface area contributed by atoms with Gasteiger partial charge in [-0.3, -0.25) is 4.79 Å². The summed E-state index contributed by atoms with van der Waals surface area (Å²) in [5.41, 5.74) is -0.608. The summed E-state index contributed by atoms with van der Waals surface area (Å²) in [4.78, 5) is 11.4. The van der Waals surface area contributed by atoms with Crippen molar-refractivity contribution in [2.75, 3.05) is 12.0 Å². The van der Waals surface area contributed by atoms with Crippen LogP contribution in [0.2, 0.25) is 0 Å². The van der Waals surface area contributed by atoms with E-state index in [2.05, 4.69) is 6.07 Å². The van der Waals surface area contributed by atoms with Gasteiger partial charge in [0.2, 0.25) is 0 Å². The summed E-state index contributed by atoms with van der Waals surface area (Å²) >= 11 is 1.70. The van der Waals surface area contributed by atoms with Gasteiger partial charge < -0.3 is 0 Å². The highest BCUT2D eigenvalue weighted by Gasteiger charge is 2.41. The van der Waals surface area contributed by atoms with Crippen molar-refractivity contribution >= 4 is 17.5 Å². The molecule has 0 spiro atoms. The molecule has 0 saturated heterocycles. The third kappa shape index (κ3) is 1.64. The minimum Gasteiger partial charge on any atom is -0.298 e. The first-order valence-corrected chi connectivity index (χ1v) is 5.58. The maximum Gasteiger partial charge on any atom is 0.153 e. The highest BCUT2D eigenvalue weighted by molar-refractivity contribution is 7.98. The van der Waals surface area contributed by atoms with E-state index >= 15 is 0 Å². The van der Waals surface area contributed by atoms with E-state index < -0.39 is 5.41 Å². The molecule has 1 atom stereocenters. The van der Waals surface area contributed by atoms with Crippen molar-refractivity contribution in [3.63, 3.8) is 0 Å². The zero-order valence-electron chi connectivity index (χ0n) is 7.30. The second-order valence-corrected chi connectivity index (χ2v) is 4.20. The van der Waals surface area contributed by atoms with Crippen molar-refractivity contribution in [1.29, 1.82) is 5.26 Å². The lowest BCUT2D eigenvalue weighted by Crippen LogP contribution is -2.24. The van der Waals surface area contributed by atoms with Crippen LogP contribution in [-0.2, 0) is 4.79 Å². The summed E-state index contributed by atoms with van der Waals surface area (Å²) in [7, 11) is 0. The number of carbonyl (C=O) groups excluding carboxylic acids is 1. The van der Waals surface area contributed by atoms with E-state index in [9.17, 15) is 4.79 Å². The number of hydrogen-bond donors (Lipinski definition) is 0. The second-order valence-electron chi connectivity index (χ2n) is 3.21. The molecule has 1 aliphatic carbocycles.